The molecule has 0 bridgehead atoms. The minimum Gasteiger partial charge on any atom is -0.474 e. The van der Waals surface area contributed by atoms with Gasteiger partial charge in [-0.05, 0) is 0 Å². The van der Waals surface area contributed by atoms with Gasteiger partial charge in [0.2, 0.25) is 0 Å². The average molecular weight is 214 g/mol. The van der Waals surface area contributed by atoms with E-state index in [2.05, 4.69) is 0 Å². The van der Waals surface area contributed by atoms with Gasteiger partial charge in [-0.3, -0.25) is 9.04 Å². The second-order valence-electron chi connectivity index (χ2n) is 3.40. The van der Waals surface area contributed by atoms with Gasteiger partial charge in [-0.25, -0.2) is 4.79 Å². The van der Waals surface area contributed by atoms with E-state index in [-0.39, 0.29) is 0 Å². The molecule has 0 saturated carbocycles. The summed E-state index contributed by atoms with van der Waals surface area (Å²) in [4.78, 5) is 10.5. The van der Waals surface area contributed by atoms with Gasteiger partial charge in [-0.1, -0.05) is 0 Å². The Morgan fingerprint density at radius 2 is 1.62 bits per heavy atom. The maximum Gasteiger partial charge on any atom is 0.428 e. The zero-order valence-corrected chi connectivity index (χ0v) is 8.24. The number of aliphatic hydroxyl groups is 1. The van der Waals surface area contributed by atoms with Crippen molar-refractivity contribution in [3.05, 3.63) is 0 Å². The number of carboxylic acids is 1. The van der Waals surface area contributed by atoms with Crippen molar-refractivity contribution in [3.8, 4) is 0 Å². The molecule has 1 unspecified atom stereocenters. The summed E-state index contributed by atoms with van der Waals surface area (Å²) in [5.41, 5.74) is 0. The molecule has 0 radical (unpaired) electrons. The van der Waals surface area contributed by atoms with Crippen molar-refractivity contribution in [2.45, 2.75) is 5.06 Å². The van der Waals surface area contributed by atoms with E-state index in [0.29, 0.717) is 0 Å². The third-order valence-electron chi connectivity index (χ3n) is 1.55. The Labute approximate surface area is 75.5 Å². The topological polar surface area (TPSA) is 112 Å². The molecule has 0 aromatic heterocycles. The first-order valence-corrected chi connectivity index (χ1v) is 4.63. The Bertz CT molecular complexity index is 314. The molecule has 7 nitrogen and oxygen atoms in total. The lowest BCUT2D eigenvalue weighted by molar-refractivity contribution is -0.921. The lowest BCUT2D eigenvalue weighted by Crippen LogP contribution is -2.66. The molecule has 0 aliphatic heterocycles. The van der Waals surface area contributed by atoms with Crippen LogP contribution in [0, 0.1) is 0 Å². The molecular formula is C5H12NO6S+. The summed E-state index contributed by atoms with van der Waals surface area (Å²) in [7, 11) is -1.71. The average Bonchev–Trinajstić information content (AvgIpc) is 1.80. The zero-order valence-electron chi connectivity index (χ0n) is 7.42. The van der Waals surface area contributed by atoms with Crippen LogP contribution in [0.2, 0.25) is 0 Å². The van der Waals surface area contributed by atoms with Crippen molar-refractivity contribution in [1.82, 2.24) is 0 Å². The number of carboxylic acid groups (broad SMARTS) is 1. The number of quaternary nitrogens is 1. The van der Waals surface area contributed by atoms with Crippen LogP contribution >= 0.6 is 0 Å². The molecule has 0 aliphatic carbocycles. The van der Waals surface area contributed by atoms with Crippen LogP contribution in [-0.2, 0) is 14.9 Å². The van der Waals surface area contributed by atoms with Crippen molar-refractivity contribution in [2.75, 3.05) is 21.1 Å². The van der Waals surface area contributed by atoms with Crippen molar-refractivity contribution >= 4 is 16.1 Å². The van der Waals surface area contributed by atoms with E-state index in [1.54, 1.807) is 0 Å². The van der Waals surface area contributed by atoms with Gasteiger partial charge in [0.05, 0.1) is 21.1 Å². The summed E-state index contributed by atoms with van der Waals surface area (Å²) in [6.45, 7) is 0. The van der Waals surface area contributed by atoms with Gasteiger partial charge in [0.25, 0.3) is 0 Å². The standard InChI is InChI=1S/C5H11NO6S/c1-6(2,3)5(9,4(7)8)13(10,11)12/h9H,1-3H3,(H-,7,8,10,11,12)/p+1. The van der Waals surface area contributed by atoms with Crippen LogP contribution in [0.15, 0.2) is 0 Å². The van der Waals surface area contributed by atoms with E-state index in [1.165, 1.54) is 0 Å². The first-order valence-electron chi connectivity index (χ1n) is 3.19. The third-order valence-corrected chi connectivity index (χ3v) is 2.99. The normalized spacial score (nSPS) is 17.9. The predicted octanol–water partition coefficient (Wildman–Crippen LogP) is -1.69. The minimum atomic E-state index is -5.09. The fourth-order valence-corrected chi connectivity index (χ4v) is 1.66. The Kier molecular flexibility index (Phi) is 2.75. The van der Waals surface area contributed by atoms with Crippen molar-refractivity contribution in [3.63, 3.8) is 0 Å². The fourth-order valence-electron chi connectivity index (χ4n) is 0.743. The molecule has 1 atom stereocenters. The summed E-state index contributed by atoms with van der Waals surface area (Å²) in [5, 5.41) is 14.6. The van der Waals surface area contributed by atoms with Crippen molar-refractivity contribution in [1.29, 1.82) is 0 Å². The second kappa shape index (κ2) is 2.91. The number of aliphatic carboxylic acids is 1. The highest BCUT2D eigenvalue weighted by molar-refractivity contribution is 7.87. The molecule has 0 aliphatic rings. The molecule has 0 rings (SSSR count). The lowest BCUT2D eigenvalue weighted by Gasteiger charge is -2.34. The van der Waals surface area contributed by atoms with E-state index in [0.717, 1.165) is 21.1 Å². The molecule has 0 heterocycles. The molecule has 0 spiro atoms. The van der Waals surface area contributed by atoms with Gasteiger partial charge in [-0.15, -0.1) is 0 Å². The van der Waals surface area contributed by atoms with Gasteiger partial charge in [0.15, 0.2) is 0 Å². The molecule has 78 valence electrons. The highest BCUT2D eigenvalue weighted by Crippen LogP contribution is 2.21. The van der Waals surface area contributed by atoms with Crippen LogP contribution in [-0.4, -0.2) is 59.8 Å². The third kappa shape index (κ3) is 1.80. The molecule has 8 heteroatoms. The molecule has 0 saturated heterocycles. The van der Waals surface area contributed by atoms with Crippen LogP contribution in [0.25, 0.3) is 0 Å². The Balaban J connectivity index is 5.64. The van der Waals surface area contributed by atoms with Gasteiger partial charge in [0, 0.05) is 0 Å². The summed E-state index contributed by atoms with van der Waals surface area (Å²) < 4.78 is 29.0. The van der Waals surface area contributed by atoms with E-state index in [9.17, 15) is 18.3 Å². The molecule has 13 heavy (non-hydrogen) atoms. The van der Waals surface area contributed by atoms with Crippen LogP contribution in [0.5, 0.6) is 0 Å². The summed E-state index contributed by atoms with van der Waals surface area (Å²) in [5.74, 6) is -2.03. The van der Waals surface area contributed by atoms with Crippen molar-refractivity contribution < 1.29 is 32.5 Å². The number of rotatable bonds is 3. The summed E-state index contributed by atoms with van der Waals surface area (Å²) >= 11 is 0. The maximum atomic E-state index is 10.7. The number of nitrogens with zero attached hydrogens (tertiary/aromatic N) is 1. The van der Waals surface area contributed by atoms with Gasteiger partial charge < -0.3 is 10.2 Å². The van der Waals surface area contributed by atoms with Crippen LogP contribution < -0.4 is 0 Å². The Morgan fingerprint density at radius 3 is 1.62 bits per heavy atom. The molecule has 0 aromatic rings. The fraction of sp³-hybridized carbons (Fsp3) is 0.800. The number of carbonyl (C=O) groups is 1. The molecular weight excluding hydrogens is 202 g/mol. The van der Waals surface area contributed by atoms with E-state index >= 15 is 0 Å². The number of hydrogen-bond acceptors (Lipinski definition) is 4. The lowest BCUT2D eigenvalue weighted by atomic mass is 10.4. The smallest absolute Gasteiger partial charge is 0.428 e. The molecule has 0 aromatic carbocycles. The molecule has 3 N–H and O–H groups in total. The van der Waals surface area contributed by atoms with Crippen molar-refractivity contribution in [2.24, 2.45) is 0 Å². The first kappa shape index (κ1) is 12.3. The molecule has 0 fully saturated rings. The predicted molar refractivity (Wildman–Crippen MR) is 42.2 cm³/mol. The van der Waals surface area contributed by atoms with Gasteiger partial charge in [0.1, 0.15) is 0 Å². The van der Waals surface area contributed by atoms with Gasteiger partial charge >= 0.3 is 21.1 Å². The monoisotopic (exact) mass is 214 g/mol. The quantitative estimate of drug-likeness (QED) is 0.293. The Morgan fingerprint density at radius 1 is 1.31 bits per heavy atom. The first-order chi connectivity index (χ1) is 5.44. The van der Waals surface area contributed by atoms with E-state index in [1.807, 2.05) is 0 Å². The van der Waals surface area contributed by atoms with Gasteiger partial charge in [-0.2, -0.15) is 8.42 Å². The zero-order chi connectivity index (χ0) is 11.1. The van der Waals surface area contributed by atoms with E-state index in [4.69, 9.17) is 9.66 Å². The van der Waals surface area contributed by atoms with Crippen LogP contribution in [0.3, 0.4) is 0 Å². The molecule has 0 amide bonds. The SMILES string of the molecule is C[N+](C)(C)C(O)(C(=O)O)S(=O)(=O)O. The van der Waals surface area contributed by atoms with Crippen LogP contribution in [0.4, 0.5) is 0 Å². The highest BCUT2D eigenvalue weighted by Gasteiger charge is 2.61. The summed E-state index contributed by atoms with van der Waals surface area (Å²) in [6, 6.07) is 0. The van der Waals surface area contributed by atoms with E-state index < -0.39 is 25.6 Å². The number of hydrogen-bond donors (Lipinski definition) is 3. The van der Waals surface area contributed by atoms with Crippen LogP contribution in [0.1, 0.15) is 0 Å². The Hall–Kier alpha value is -0.700. The largest absolute Gasteiger partial charge is 0.474 e. The minimum absolute atomic E-state index is 0.860. The summed E-state index contributed by atoms with van der Waals surface area (Å²) in [6.07, 6.45) is 0. The highest BCUT2D eigenvalue weighted by atomic mass is 32.2. The number of likely N-dealkylation sites (N-methyl/N-ethyl adjacent to an activating group) is 1. The maximum absolute atomic E-state index is 10.7. The second-order valence-corrected chi connectivity index (χ2v) is 4.92.